The lowest BCUT2D eigenvalue weighted by atomic mass is 8.36. The number of hydrogen-bond donors (Lipinski definition) is 5. The molecule has 0 bridgehead atoms. The van der Waals surface area contributed by atoms with E-state index in [2.05, 4.69) is 55.8 Å². The number of nitrogens with zero attached hydrogens (tertiary/aromatic N) is 9. The molecule has 0 saturated carbocycles. The first-order valence-electron chi connectivity index (χ1n) is 32.5. The summed E-state index contributed by atoms with van der Waals surface area (Å²) < 4.78 is 76.8. The van der Waals surface area contributed by atoms with Crippen molar-refractivity contribution >= 4 is 263 Å². The third kappa shape index (κ3) is 24.0. The van der Waals surface area contributed by atoms with E-state index in [1.54, 1.807) is 31.6 Å². The monoisotopic (exact) mass is 1520 g/mol. The van der Waals surface area contributed by atoms with Crippen molar-refractivity contribution in [2.24, 2.45) is 21.8 Å². The van der Waals surface area contributed by atoms with Gasteiger partial charge in [-0.2, -0.15) is 0 Å². The number of esters is 2. The van der Waals surface area contributed by atoms with Crippen molar-refractivity contribution in [2.75, 3.05) is 51.5 Å². The Morgan fingerprint density at radius 1 is 0.579 bits per heavy atom. The van der Waals surface area contributed by atoms with E-state index >= 15 is 0 Å². The Bertz CT molecular complexity index is 4020. The molecule has 4 aliphatic heterocycles. The number of halogens is 8. The number of carbonyl (C=O) groups excluding carboxylic acids is 2. The van der Waals surface area contributed by atoms with Gasteiger partial charge in [-0.05, 0) is 64.8 Å². The van der Waals surface area contributed by atoms with E-state index < -0.39 is 133 Å². The molecule has 20 nitrogen and oxygen atoms in total. The minimum atomic E-state index is -1.23. The van der Waals surface area contributed by atoms with Crippen LogP contribution in [0.25, 0.3) is 0 Å². The molecule has 4 aromatic heterocycles. The summed E-state index contributed by atoms with van der Waals surface area (Å²) >= 11 is 20.5. The van der Waals surface area contributed by atoms with Crippen LogP contribution in [0.5, 0.6) is 0 Å². The molecule has 2 fully saturated rings. The standard InChI is InChI=1S/C26H23ClF2N6O4S.C21H21ClF2N4O2S.C5H3ClN2O2.CH3F.CH4.B23/c1-2-39-26(38)18-21(13-5-8-35(9-6-13)17-12-31-16(11-32-17)25(36)37)33-23(24-30-7-10-40-24)34-22(18)14-3-4-15(28)20(29)19(14)27;1-2-30-21(29)14-17(11-5-7-25-8-6-11)27-19(20-26-9-10-31-20)28-18(14)12-3-4-13(23)16(24)15(12)22;6-4-2-7-3(1-8-4)5(9)10;1-2;;1-13-19(12)22(18(10)11)23(20(14(2)3)15(4)5)21(16(6)7)17(8)9/h3-4,7,10-13,22H,2,5-6,8-9H2,1H3,(H,33,34)(H,36,37);3-4,9-11,18,25H,2,5-8H2,1H3,(H,27,28);1-2H,(H,9,10);1H3;1H4;. The Morgan fingerprint density at radius 2 is 0.981 bits per heavy atom. The summed E-state index contributed by atoms with van der Waals surface area (Å²) in [7, 11) is 71.9. The quantitative estimate of drug-likeness (QED) is 0.0264. The van der Waals surface area contributed by atoms with Crippen molar-refractivity contribution < 1.29 is 60.8 Å². The van der Waals surface area contributed by atoms with Crippen LogP contribution < -0.4 is 20.9 Å². The maximum atomic E-state index is 14.6. The topological polar surface area (TPSA) is 269 Å². The predicted octanol–water partition coefficient (Wildman–Crippen LogP) is 1.66. The molecule has 2 atom stereocenters. The van der Waals surface area contributed by atoms with Gasteiger partial charge in [-0.1, -0.05) is 54.4 Å². The molecule has 25 radical (unpaired) electrons. The number of aromatic carboxylic acids is 2. The van der Waals surface area contributed by atoms with Crippen molar-refractivity contribution in [3.8, 4) is 0 Å². The van der Waals surface area contributed by atoms with Crippen LogP contribution in [0.2, 0.25) is 15.2 Å². The van der Waals surface area contributed by atoms with Crippen molar-refractivity contribution in [2.45, 2.75) is 59.0 Å². The van der Waals surface area contributed by atoms with Crippen molar-refractivity contribution in [1.82, 2.24) is 45.9 Å². The van der Waals surface area contributed by atoms with Crippen molar-refractivity contribution in [3.63, 3.8) is 0 Å². The number of benzene rings is 2. The highest BCUT2D eigenvalue weighted by Crippen LogP contribution is 2.43. The zero-order valence-corrected chi connectivity index (χ0v) is 61.2. The minimum absolute atomic E-state index is 0. The van der Waals surface area contributed by atoms with Crippen LogP contribution in [0, 0.1) is 35.1 Å². The molecule has 6 aromatic rings. The highest BCUT2D eigenvalue weighted by atomic mass is 35.5. The maximum absolute atomic E-state index is 14.6. The Hall–Kier alpha value is -6.07. The Morgan fingerprint density at radius 3 is 1.32 bits per heavy atom. The molecule has 53 heteroatoms. The van der Waals surface area contributed by atoms with Gasteiger partial charge in [0, 0.05) is 234 Å². The number of ether oxygens (including phenoxy) is 2. The molecule has 107 heavy (non-hydrogen) atoms. The number of carboxylic acid groups (broad SMARTS) is 2. The second-order valence-electron chi connectivity index (χ2n) is 23.7. The average molecular weight is 1510 g/mol. The van der Waals surface area contributed by atoms with Gasteiger partial charge in [-0.15, -0.1) is 22.7 Å². The number of thiazole rings is 2. The number of piperidine rings is 2. The summed E-state index contributed by atoms with van der Waals surface area (Å²) in [5.74, 6) is -6.79. The Labute approximate surface area is 662 Å². The molecule has 2 saturated heterocycles. The van der Waals surface area contributed by atoms with Gasteiger partial charge in [0.15, 0.2) is 56.3 Å². The lowest BCUT2D eigenvalue weighted by Crippen LogP contribution is -2.83. The van der Waals surface area contributed by atoms with E-state index in [4.69, 9.17) is 147 Å². The lowest BCUT2D eigenvalue weighted by molar-refractivity contribution is -0.140. The normalized spacial score (nSPS) is 15.3. The smallest absolute Gasteiger partial charge is 0.356 e. The van der Waals surface area contributed by atoms with Gasteiger partial charge in [0.25, 0.3) is 0 Å². The largest absolute Gasteiger partial charge is 0.476 e. The van der Waals surface area contributed by atoms with Gasteiger partial charge in [0.2, 0.25) is 0 Å². The number of amidine groups is 2. The number of aliphatic imine (C=N–C) groups is 2. The number of carbonyl (C=O) groups is 4. The van der Waals surface area contributed by atoms with E-state index in [-0.39, 0.29) is 71.3 Å². The second-order valence-corrected chi connectivity index (χ2v) is 26.6. The van der Waals surface area contributed by atoms with Crippen LogP contribution in [0.15, 0.2) is 105 Å². The van der Waals surface area contributed by atoms with Gasteiger partial charge >= 0.3 is 23.9 Å². The molecular weight excluding hydrogens is 1460 g/mol. The molecule has 0 aliphatic carbocycles. The minimum Gasteiger partial charge on any atom is -0.476 e. The fourth-order valence-electron chi connectivity index (χ4n) is 12.2. The van der Waals surface area contributed by atoms with Gasteiger partial charge in [-0.3, -0.25) is 14.4 Å². The molecule has 4 aliphatic rings. The summed E-state index contributed by atoms with van der Waals surface area (Å²) in [6, 6.07) is 2.60. The molecule has 0 amide bonds. The van der Waals surface area contributed by atoms with Gasteiger partial charge in [-0.25, -0.2) is 66.6 Å². The molecular formula is C54H54B23Cl3F5N12O8S2. The van der Waals surface area contributed by atoms with Crippen LogP contribution >= 0.6 is 57.5 Å². The van der Waals surface area contributed by atoms with E-state index in [1.807, 2.05) is 10.3 Å². The molecule has 2 aromatic carbocycles. The molecule has 0 spiro atoms. The molecule has 10 rings (SSSR count). The number of nitrogens with one attached hydrogen (secondary N) is 3. The Balaban J connectivity index is 0.000000274. The summed E-state index contributed by atoms with van der Waals surface area (Å²) in [5, 5.41) is 31.4. The first kappa shape index (κ1) is 91.5. The molecule has 515 valence electrons. The van der Waals surface area contributed by atoms with Gasteiger partial charge in [0.05, 0.1) is 66.4 Å². The number of rotatable bonds is 23. The lowest BCUT2D eigenvalue weighted by Gasteiger charge is -2.45. The highest BCUT2D eigenvalue weighted by Gasteiger charge is 2.48. The zero-order valence-electron chi connectivity index (χ0n) is 57.3. The predicted molar refractivity (Wildman–Crippen MR) is 439 cm³/mol. The van der Waals surface area contributed by atoms with Gasteiger partial charge < -0.3 is 40.5 Å². The third-order valence-corrected chi connectivity index (χ3v) is 19.5. The van der Waals surface area contributed by atoms with Crippen molar-refractivity contribution in [3.05, 3.63) is 166 Å². The number of carboxylic acids is 2. The SMILES string of the molecule is C.CCOC(=O)C1=C(C2CCN(c3cnc(C(=O)O)cn3)CC2)NC(c2nccs2)=NC1c1ccc(F)c(F)c1Cl.CCOC(=O)C1=C(C2CCNCC2)NC(c2nccs2)=NC1c1ccc(F)c(F)c1Cl.CF.O=C(O)c1cnc(Cl)cn1.[B][B]B([B])B(B([B])[B])B(B(B([B])[B])B([B])[B])B(B([B])[B])B([B])[B]. The number of anilines is 1. The highest BCUT2D eigenvalue weighted by molar-refractivity contribution is 8.22. The number of hydrogen-bond acceptors (Lipinski definition) is 20. The summed E-state index contributed by atoms with van der Waals surface area (Å²) in [6.07, 6.45) is 2.91. The zero-order chi connectivity index (χ0) is 78.4. The van der Waals surface area contributed by atoms with E-state index in [0.29, 0.717) is 72.0 Å². The van der Waals surface area contributed by atoms with E-state index in [9.17, 15) is 41.1 Å². The first-order valence-corrected chi connectivity index (χ1v) is 35.4. The number of alkyl halides is 1. The third-order valence-electron chi connectivity index (χ3n) is 17.0. The summed E-state index contributed by atoms with van der Waals surface area (Å²) in [6.45, 7) is 6.32. The summed E-state index contributed by atoms with van der Waals surface area (Å²) in [4.78, 5) is 82.9. The van der Waals surface area contributed by atoms with E-state index in [0.717, 1.165) is 44.3 Å². The number of aromatic nitrogens is 6. The van der Waals surface area contributed by atoms with Gasteiger partial charge in [0.1, 0.15) is 23.1 Å². The van der Waals surface area contributed by atoms with Crippen LogP contribution in [0.1, 0.15) is 101 Å². The fourth-order valence-corrected chi connectivity index (χ4v) is 14.0. The molecule has 5 N–H and O–H groups in total. The van der Waals surface area contributed by atoms with Crippen LogP contribution in [0.3, 0.4) is 0 Å². The maximum Gasteiger partial charge on any atom is 0.356 e. The second kappa shape index (κ2) is 44.1. The summed E-state index contributed by atoms with van der Waals surface area (Å²) in [5.41, 5.74) is 1.73. The Kier molecular flexibility index (Phi) is 37.7. The van der Waals surface area contributed by atoms with E-state index in [1.165, 1.54) is 60.5 Å². The van der Waals surface area contributed by atoms with Crippen molar-refractivity contribution in [1.29, 1.82) is 0 Å². The molecule has 2 unspecified atom stereocenters. The molecule has 8 heterocycles. The van der Waals surface area contributed by atoms with Crippen LogP contribution in [-0.2, 0) is 19.1 Å². The average Bonchev–Trinajstić information content (AvgIpc) is 1.42. The van der Waals surface area contributed by atoms with Crippen LogP contribution in [0.4, 0.5) is 27.8 Å². The first-order chi connectivity index (χ1) is 50.4. The number of allylic oxidation sites excluding steroid dienone is 2. The fraction of sp³-hybridized carbons (Fsp3) is 0.333. The van der Waals surface area contributed by atoms with Crippen LogP contribution in [-0.4, -0.2) is 286 Å².